The van der Waals surface area contributed by atoms with Crippen LogP contribution in [0, 0.1) is 0 Å². The molecule has 0 aliphatic heterocycles. The molecule has 1 atom stereocenters. The standard InChI is InChI=1S/C12H22N2O3/c1-3-4-7-14(10-5-6-10)8-11(12(16)17)13-9(2)15/h10-11H,3-8H2,1-2H3,(H,13,15)(H,16,17). The van der Waals surface area contributed by atoms with Crippen LogP contribution in [0.25, 0.3) is 0 Å². The van der Waals surface area contributed by atoms with Crippen molar-refractivity contribution in [3.63, 3.8) is 0 Å². The van der Waals surface area contributed by atoms with E-state index in [1.807, 2.05) is 0 Å². The second-order valence-electron chi connectivity index (χ2n) is 4.67. The molecular formula is C12H22N2O3. The van der Waals surface area contributed by atoms with E-state index in [9.17, 15) is 9.59 Å². The minimum Gasteiger partial charge on any atom is -0.480 e. The fourth-order valence-corrected chi connectivity index (χ4v) is 1.89. The van der Waals surface area contributed by atoms with Gasteiger partial charge in [0.2, 0.25) is 5.91 Å². The zero-order chi connectivity index (χ0) is 12.8. The molecule has 1 unspecified atom stereocenters. The van der Waals surface area contributed by atoms with Gasteiger partial charge >= 0.3 is 5.97 Å². The fourth-order valence-electron chi connectivity index (χ4n) is 1.89. The third-order valence-corrected chi connectivity index (χ3v) is 2.95. The Bertz CT molecular complexity index is 277. The number of carbonyl (C=O) groups excluding carboxylic acids is 1. The summed E-state index contributed by atoms with van der Waals surface area (Å²) in [5, 5.41) is 11.5. The lowest BCUT2D eigenvalue weighted by molar-refractivity contribution is -0.142. The molecule has 0 bridgehead atoms. The molecule has 1 rings (SSSR count). The molecule has 1 aliphatic carbocycles. The monoisotopic (exact) mass is 242 g/mol. The summed E-state index contributed by atoms with van der Waals surface area (Å²) in [5.41, 5.74) is 0. The summed E-state index contributed by atoms with van der Waals surface area (Å²) in [7, 11) is 0. The van der Waals surface area contributed by atoms with Gasteiger partial charge in [-0.1, -0.05) is 13.3 Å². The van der Waals surface area contributed by atoms with Crippen molar-refractivity contribution in [2.45, 2.75) is 51.6 Å². The number of carbonyl (C=O) groups is 2. The Morgan fingerprint density at radius 1 is 1.47 bits per heavy atom. The van der Waals surface area contributed by atoms with Crippen LogP contribution in [0.1, 0.15) is 39.5 Å². The van der Waals surface area contributed by atoms with Crippen LogP contribution in [0.5, 0.6) is 0 Å². The van der Waals surface area contributed by atoms with Gasteiger partial charge in [-0.3, -0.25) is 9.69 Å². The predicted molar refractivity (Wildman–Crippen MR) is 64.7 cm³/mol. The topological polar surface area (TPSA) is 69.6 Å². The van der Waals surface area contributed by atoms with Crippen LogP contribution in [0.3, 0.4) is 0 Å². The van der Waals surface area contributed by atoms with E-state index in [4.69, 9.17) is 5.11 Å². The van der Waals surface area contributed by atoms with Gasteiger partial charge in [0, 0.05) is 19.5 Å². The van der Waals surface area contributed by atoms with Crippen LogP contribution in [-0.4, -0.2) is 47.1 Å². The molecule has 2 N–H and O–H groups in total. The van der Waals surface area contributed by atoms with Crippen LogP contribution in [0.2, 0.25) is 0 Å². The molecule has 5 heteroatoms. The fraction of sp³-hybridized carbons (Fsp3) is 0.833. The first-order valence-corrected chi connectivity index (χ1v) is 6.28. The Morgan fingerprint density at radius 3 is 2.53 bits per heavy atom. The Balaban J connectivity index is 2.48. The SMILES string of the molecule is CCCCN(CC(NC(C)=O)C(=O)O)C1CC1. The van der Waals surface area contributed by atoms with Crippen molar-refractivity contribution in [3.8, 4) is 0 Å². The molecule has 0 saturated heterocycles. The summed E-state index contributed by atoms with van der Waals surface area (Å²) < 4.78 is 0. The number of nitrogens with one attached hydrogen (secondary N) is 1. The molecule has 0 spiro atoms. The van der Waals surface area contributed by atoms with Crippen molar-refractivity contribution >= 4 is 11.9 Å². The largest absolute Gasteiger partial charge is 0.480 e. The number of rotatable bonds is 8. The highest BCUT2D eigenvalue weighted by Gasteiger charge is 2.32. The summed E-state index contributed by atoms with van der Waals surface area (Å²) >= 11 is 0. The smallest absolute Gasteiger partial charge is 0.327 e. The summed E-state index contributed by atoms with van der Waals surface area (Å²) in [6.45, 7) is 4.81. The van der Waals surface area contributed by atoms with Gasteiger partial charge in [-0.05, 0) is 25.8 Å². The van der Waals surface area contributed by atoms with Gasteiger partial charge in [0.05, 0.1) is 0 Å². The Morgan fingerprint density at radius 2 is 2.12 bits per heavy atom. The quantitative estimate of drug-likeness (QED) is 0.662. The van der Waals surface area contributed by atoms with Gasteiger partial charge in [-0.25, -0.2) is 4.79 Å². The Kier molecular flexibility index (Phi) is 5.41. The van der Waals surface area contributed by atoms with E-state index in [-0.39, 0.29) is 5.91 Å². The average molecular weight is 242 g/mol. The summed E-state index contributed by atoms with van der Waals surface area (Å²) in [5.74, 6) is -1.24. The van der Waals surface area contributed by atoms with Gasteiger partial charge in [-0.2, -0.15) is 0 Å². The van der Waals surface area contributed by atoms with Crippen LogP contribution >= 0.6 is 0 Å². The van der Waals surface area contributed by atoms with Crippen LogP contribution in [0.15, 0.2) is 0 Å². The minimum atomic E-state index is -0.956. The summed E-state index contributed by atoms with van der Waals surface area (Å²) in [4.78, 5) is 24.2. The van der Waals surface area contributed by atoms with Crippen molar-refractivity contribution in [1.82, 2.24) is 10.2 Å². The normalized spacial score (nSPS) is 16.9. The van der Waals surface area contributed by atoms with E-state index >= 15 is 0 Å². The molecule has 0 aromatic carbocycles. The number of unbranched alkanes of at least 4 members (excludes halogenated alkanes) is 1. The number of aliphatic carboxylic acids is 1. The Labute approximate surface area is 102 Å². The minimum absolute atomic E-state index is 0.288. The number of carboxylic acids is 1. The second kappa shape index (κ2) is 6.59. The number of nitrogens with zero attached hydrogens (tertiary/aromatic N) is 1. The first-order valence-electron chi connectivity index (χ1n) is 6.28. The molecule has 5 nitrogen and oxygen atoms in total. The van der Waals surface area contributed by atoms with Crippen molar-refractivity contribution in [2.24, 2.45) is 0 Å². The van der Waals surface area contributed by atoms with Crippen molar-refractivity contribution in [2.75, 3.05) is 13.1 Å². The summed E-state index contributed by atoms with van der Waals surface area (Å²) in [6, 6.07) is -0.262. The van der Waals surface area contributed by atoms with E-state index in [1.165, 1.54) is 6.92 Å². The maximum atomic E-state index is 11.0. The van der Waals surface area contributed by atoms with Crippen LogP contribution in [0.4, 0.5) is 0 Å². The van der Waals surface area contributed by atoms with E-state index in [0.29, 0.717) is 12.6 Å². The molecule has 98 valence electrons. The predicted octanol–water partition coefficient (Wildman–Crippen LogP) is 0.840. The Hall–Kier alpha value is -1.10. The van der Waals surface area contributed by atoms with E-state index in [1.54, 1.807) is 0 Å². The van der Waals surface area contributed by atoms with Crippen molar-refractivity contribution in [3.05, 3.63) is 0 Å². The average Bonchev–Trinajstić information content (AvgIpc) is 3.05. The van der Waals surface area contributed by atoms with Crippen LogP contribution < -0.4 is 5.32 Å². The highest BCUT2D eigenvalue weighted by molar-refractivity contribution is 5.82. The number of carboxylic acid groups (broad SMARTS) is 1. The number of amides is 1. The van der Waals surface area contributed by atoms with Gasteiger partial charge in [0.1, 0.15) is 6.04 Å². The molecule has 1 aliphatic rings. The maximum absolute atomic E-state index is 11.0. The molecule has 0 heterocycles. The first kappa shape index (κ1) is 14.0. The highest BCUT2D eigenvalue weighted by atomic mass is 16.4. The van der Waals surface area contributed by atoms with Gasteiger partial charge < -0.3 is 10.4 Å². The molecule has 0 aromatic rings. The summed E-state index contributed by atoms with van der Waals surface area (Å²) in [6.07, 6.45) is 4.47. The van der Waals surface area contributed by atoms with E-state index in [0.717, 1.165) is 32.2 Å². The first-order chi connectivity index (χ1) is 8.04. The zero-order valence-electron chi connectivity index (χ0n) is 10.6. The third kappa shape index (κ3) is 5.17. The van der Waals surface area contributed by atoms with Gasteiger partial charge in [-0.15, -0.1) is 0 Å². The highest BCUT2D eigenvalue weighted by Crippen LogP contribution is 2.27. The maximum Gasteiger partial charge on any atom is 0.327 e. The molecule has 17 heavy (non-hydrogen) atoms. The van der Waals surface area contributed by atoms with Crippen LogP contribution in [-0.2, 0) is 9.59 Å². The van der Waals surface area contributed by atoms with Crippen molar-refractivity contribution in [1.29, 1.82) is 0 Å². The molecular weight excluding hydrogens is 220 g/mol. The third-order valence-electron chi connectivity index (χ3n) is 2.95. The number of hydrogen-bond acceptors (Lipinski definition) is 3. The lowest BCUT2D eigenvalue weighted by Crippen LogP contribution is -2.48. The lowest BCUT2D eigenvalue weighted by Gasteiger charge is -2.25. The number of hydrogen-bond donors (Lipinski definition) is 2. The van der Waals surface area contributed by atoms with Crippen molar-refractivity contribution < 1.29 is 14.7 Å². The van der Waals surface area contributed by atoms with Gasteiger partial charge in [0.25, 0.3) is 0 Å². The van der Waals surface area contributed by atoms with Gasteiger partial charge in [0.15, 0.2) is 0 Å². The molecule has 1 amide bonds. The van der Waals surface area contributed by atoms with E-state index in [2.05, 4.69) is 17.1 Å². The van der Waals surface area contributed by atoms with E-state index < -0.39 is 12.0 Å². The molecule has 1 fully saturated rings. The zero-order valence-corrected chi connectivity index (χ0v) is 10.6. The molecule has 0 aromatic heterocycles. The molecule has 0 radical (unpaired) electrons. The second-order valence-corrected chi connectivity index (χ2v) is 4.67. The lowest BCUT2D eigenvalue weighted by atomic mass is 10.2. The molecule has 1 saturated carbocycles.